The van der Waals surface area contributed by atoms with Crippen LogP contribution in [-0.2, 0) is 19.1 Å². The Balaban J connectivity index is 1.94. The van der Waals surface area contributed by atoms with Gasteiger partial charge in [0.25, 0.3) is 0 Å². The average molecular weight is 379 g/mol. The van der Waals surface area contributed by atoms with Crippen molar-refractivity contribution in [1.82, 2.24) is 0 Å². The van der Waals surface area contributed by atoms with Gasteiger partial charge in [-0.25, -0.2) is 4.79 Å². The molecule has 5 atom stereocenters. The standard InChI is InChI=1S/C22H34O5/c1-14-13-17(27-15(2)23)18-20(3,4)9-6-10-21(18,5)22(14,25)11-7-16-8-12-26-19(16)24/h8,14,17-18,25H,6-7,9-13H2,1-5H3/t14-,17+,18+,21+,22-/m1/s1. The zero-order valence-electron chi connectivity index (χ0n) is 17.3. The summed E-state index contributed by atoms with van der Waals surface area (Å²) in [4.78, 5) is 23.6. The van der Waals surface area contributed by atoms with Gasteiger partial charge >= 0.3 is 11.9 Å². The zero-order chi connectivity index (χ0) is 20.0. The van der Waals surface area contributed by atoms with E-state index in [9.17, 15) is 14.7 Å². The second-order valence-electron chi connectivity index (χ2n) is 9.77. The minimum Gasteiger partial charge on any atom is -0.462 e. The lowest BCUT2D eigenvalue weighted by Crippen LogP contribution is -2.66. The van der Waals surface area contributed by atoms with Crippen molar-refractivity contribution >= 4 is 11.9 Å². The van der Waals surface area contributed by atoms with Crippen LogP contribution in [0.1, 0.15) is 73.1 Å². The quantitative estimate of drug-likeness (QED) is 0.754. The van der Waals surface area contributed by atoms with Crippen molar-refractivity contribution in [2.24, 2.45) is 22.7 Å². The summed E-state index contributed by atoms with van der Waals surface area (Å²) in [6.45, 7) is 10.5. The number of esters is 2. The maximum atomic E-state index is 12.0. The summed E-state index contributed by atoms with van der Waals surface area (Å²) in [5.74, 6) is -0.436. The van der Waals surface area contributed by atoms with E-state index in [0.717, 1.165) is 19.3 Å². The van der Waals surface area contributed by atoms with E-state index >= 15 is 0 Å². The molecule has 0 radical (unpaired) electrons. The molecule has 0 bridgehead atoms. The van der Waals surface area contributed by atoms with Gasteiger partial charge in [-0.3, -0.25) is 4.79 Å². The van der Waals surface area contributed by atoms with Crippen LogP contribution in [0.15, 0.2) is 11.6 Å². The molecule has 3 aliphatic rings. The van der Waals surface area contributed by atoms with Gasteiger partial charge in [0.2, 0.25) is 0 Å². The summed E-state index contributed by atoms with van der Waals surface area (Å²) in [6.07, 6.45) is 6.39. The average Bonchev–Trinajstić information content (AvgIpc) is 2.94. The summed E-state index contributed by atoms with van der Waals surface area (Å²) in [7, 11) is 0. The first-order valence-corrected chi connectivity index (χ1v) is 10.3. The molecule has 2 fully saturated rings. The monoisotopic (exact) mass is 378 g/mol. The molecule has 0 saturated heterocycles. The number of fused-ring (bicyclic) bond motifs is 1. The van der Waals surface area contributed by atoms with E-state index in [1.807, 2.05) is 6.08 Å². The fourth-order valence-corrected chi connectivity index (χ4v) is 6.51. The van der Waals surface area contributed by atoms with E-state index < -0.39 is 5.60 Å². The van der Waals surface area contributed by atoms with Crippen LogP contribution < -0.4 is 0 Å². The number of aliphatic hydroxyl groups is 1. The van der Waals surface area contributed by atoms with E-state index in [1.54, 1.807) is 0 Å². The SMILES string of the molecule is CC(=O)O[C@H]1C[C@@H](C)[C@](O)(CCC2=CCOC2=O)[C@@]2(C)CCCC(C)(C)[C@H]12. The second kappa shape index (κ2) is 6.91. The van der Waals surface area contributed by atoms with Gasteiger partial charge in [-0.1, -0.05) is 34.1 Å². The van der Waals surface area contributed by atoms with E-state index in [0.29, 0.717) is 31.4 Å². The van der Waals surface area contributed by atoms with Gasteiger partial charge in [0.1, 0.15) is 12.7 Å². The molecule has 27 heavy (non-hydrogen) atoms. The zero-order valence-corrected chi connectivity index (χ0v) is 17.3. The number of rotatable bonds is 4. The van der Waals surface area contributed by atoms with Crippen LogP contribution in [-0.4, -0.2) is 35.4 Å². The van der Waals surface area contributed by atoms with Crippen molar-refractivity contribution in [2.75, 3.05) is 6.61 Å². The molecule has 5 nitrogen and oxygen atoms in total. The Morgan fingerprint density at radius 2 is 2.04 bits per heavy atom. The molecule has 0 spiro atoms. The number of hydrogen-bond donors (Lipinski definition) is 1. The van der Waals surface area contributed by atoms with Gasteiger partial charge in [0, 0.05) is 23.8 Å². The lowest BCUT2D eigenvalue weighted by atomic mass is 9.43. The smallest absolute Gasteiger partial charge is 0.334 e. The number of hydrogen-bond acceptors (Lipinski definition) is 5. The van der Waals surface area contributed by atoms with Crippen molar-refractivity contribution in [3.05, 3.63) is 11.6 Å². The van der Waals surface area contributed by atoms with Gasteiger partial charge in [-0.2, -0.15) is 0 Å². The van der Waals surface area contributed by atoms with Crippen molar-refractivity contribution in [3.63, 3.8) is 0 Å². The number of carbonyl (C=O) groups excluding carboxylic acids is 2. The summed E-state index contributed by atoms with van der Waals surface area (Å²) in [5.41, 5.74) is -0.620. The summed E-state index contributed by atoms with van der Waals surface area (Å²) in [6, 6.07) is 0. The highest BCUT2D eigenvalue weighted by Gasteiger charge is 2.64. The largest absolute Gasteiger partial charge is 0.462 e. The Kier molecular flexibility index (Phi) is 5.21. The lowest BCUT2D eigenvalue weighted by Gasteiger charge is -2.64. The maximum absolute atomic E-state index is 12.0. The molecule has 0 amide bonds. The molecule has 0 unspecified atom stereocenters. The van der Waals surface area contributed by atoms with E-state index in [1.165, 1.54) is 6.92 Å². The van der Waals surface area contributed by atoms with Gasteiger partial charge in [-0.15, -0.1) is 0 Å². The predicted octanol–water partition coefficient (Wildman–Crippen LogP) is 3.79. The van der Waals surface area contributed by atoms with Crippen LogP contribution >= 0.6 is 0 Å². The minimum atomic E-state index is -0.907. The summed E-state index contributed by atoms with van der Waals surface area (Å²) in [5, 5.41) is 12.0. The topological polar surface area (TPSA) is 72.8 Å². The molecule has 0 aromatic carbocycles. The van der Waals surface area contributed by atoms with E-state index in [4.69, 9.17) is 9.47 Å². The minimum absolute atomic E-state index is 0.0185. The van der Waals surface area contributed by atoms with Crippen molar-refractivity contribution in [2.45, 2.75) is 84.8 Å². The first-order chi connectivity index (χ1) is 12.5. The first-order valence-electron chi connectivity index (χ1n) is 10.3. The Bertz CT molecular complexity index is 651. The Morgan fingerprint density at radius 3 is 2.63 bits per heavy atom. The molecule has 2 saturated carbocycles. The summed E-state index contributed by atoms with van der Waals surface area (Å²) >= 11 is 0. The highest BCUT2D eigenvalue weighted by Crippen LogP contribution is 2.64. The predicted molar refractivity (Wildman–Crippen MR) is 102 cm³/mol. The molecule has 1 N–H and O–H groups in total. The molecular formula is C22H34O5. The van der Waals surface area contributed by atoms with Crippen LogP contribution in [0.2, 0.25) is 0 Å². The molecule has 3 rings (SSSR count). The van der Waals surface area contributed by atoms with E-state index in [2.05, 4.69) is 27.7 Å². The lowest BCUT2D eigenvalue weighted by molar-refractivity contribution is -0.249. The first kappa shape index (κ1) is 20.4. The van der Waals surface area contributed by atoms with Crippen LogP contribution in [0.4, 0.5) is 0 Å². The molecular weight excluding hydrogens is 344 g/mol. The van der Waals surface area contributed by atoms with Gasteiger partial charge in [0.15, 0.2) is 0 Å². The Morgan fingerprint density at radius 1 is 1.33 bits per heavy atom. The number of ether oxygens (including phenoxy) is 2. The molecule has 5 heteroatoms. The molecule has 0 aromatic heterocycles. The fraction of sp³-hybridized carbons (Fsp3) is 0.818. The third-order valence-electron chi connectivity index (χ3n) is 7.71. The third-order valence-corrected chi connectivity index (χ3v) is 7.71. The van der Waals surface area contributed by atoms with Crippen LogP contribution in [0.25, 0.3) is 0 Å². The van der Waals surface area contributed by atoms with Gasteiger partial charge < -0.3 is 14.6 Å². The second-order valence-corrected chi connectivity index (χ2v) is 9.77. The Labute approximate surface area is 162 Å². The van der Waals surface area contributed by atoms with E-state index in [-0.39, 0.29) is 40.7 Å². The van der Waals surface area contributed by atoms with Crippen LogP contribution in [0, 0.1) is 22.7 Å². The van der Waals surface area contributed by atoms with Gasteiger partial charge in [0.05, 0.1) is 5.60 Å². The van der Waals surface area contributed by atoms with Crippen molar-refractivity contribution in [1.29, 1.82) is 0 Å². The van der Waals surface area contributed by atoms with Crippen LogP contribution in [0.5, 0.6) is 0 Å². The normalized spacial score (nSPS) is 40.7. The molecule has 152 valence electrons. The molecule has 0 aromatic rings. The Hall–Kier alpha value is -1.36. The summed E-state index contributed by atoms with van der Waals surface area (Å²) < 4.78 is 10.8. The number of carbonyl (C=O) groups is 2. The van der Waals surface area contributed by atoms with Crippen molar-refractivity contribution < 1.29 is 24.2 Å². The maximum Gasteiger partial charge on any atom is 0.334 e. The third kappa shape index (κ3) is 3.32. The highest BCUT2D eigenvalue weighted by atomic mass is 16.5. The van der Waals surface area contributed by atoms with Crippen LogP contribution in [0.3, 0.4) is 0 Å². The molecule has 1 heterocycles. The molecule has 2 aliphatic carbocycles. The van der Waals surface area contributed by atoms with Crippen molar-refractivity contribution in [3.8, 4) is 0 Å². The molecule has 1 aliphatic heterocycles. The fourth-order valence-electron chi connectivity index (χ4n) is 6.51. The highest BCUT2D eigenvalue weighted by molar-refractivity contribution is 5.90. The number of cyclic esters (lactones) is 1. The van der Waals surface area contributed by atoms with Gasteiger partial charge in [-0.05, 0) is 49.5 Å².